The van der Waals surface area contributed by atoms with Gasteiger partial charge in [0, 0.05) is 19.1 Å². The Morgan fingerprint density at radius 3 is 2.64 bits per heavy atom. The van der Waals surface area contributed by atoms with Gasteiger partial charge >= 0.3 is 0 Å². The lowest BCUT2D eigenvalue weighted by molar-refractivity contribution is -0.125. The van der Waals surface area contributed by atoms with Crippen molar-refractivity contribution in [1.29, 1.82) is 0 Å². The van der Waals surface area contributed by atoms with Crippen molar-refractivity contribution in [3.63, 3.8) is 0 Å². The standard InChI is InChI=1S/C11H18N2O/c12-10-6-7-13(8-10)11(14)5-4-9-2-1-3-9/h4-5,9-10H,1-3,6-8,12H2/b5-4+. The smallest absolute Gasteiger partial charge is 0.246 e. The number of rotatable bonds is 2. The highest BCUT2D eigenvalue weighted by Crippen LogP contribution is 2.27. The summed E-state index contributed by atoms with van der Waals surface area (Å²) in [5.41, 5.74) is 5.74. The third-order valence-corrected chi connectivity index (χ3v) is 3.20. The normalized spacial score (nSPS) is 28.4. The Hall–Kier alpha value is -0.830. The molecule has 1 saturated carbocycles. The van der Waals surface area contributed by atoms with Crippen molar-refractivity contribution in [2.75, 3.05) is 13.1 Å². The van der Waals surface area contributed by atoms with Gasteiger partial charge in [0.15, 0.2) is 0 Å². The van der Waals surface area contributed by atoms with Crippen LogP contribution in [0.5, 0.6) is 0 Å². The van der Waals surface area contributed by atoms with E-state index in [0.29, 0.717) is 5.92 Å². The van der Waals surface area contributed by atoms with Crippen LogP contribution in [-0.4, -0.2) is 29.9 Å². The molecule has 2 N–H and O–H groups in total. The molecule has 0 radical (unpaired) electrons. The Bertz CT molecular complexity index is 246. The van der Waals surface area contributed by atoms with Crippen LogP contribution in [0.1, 0.15) is 25.7 Å². The van der Waals surface area contributed by atoms with Gasteiger partial charge in [0.25, 0.3) is 0 Å². The van der Waals surface area contributed by atoms with Crippen molar-refractivity contribution in [1.82, 2.24) is 4.90 Å². The zero-order valence-corrected chi connectivity index (χ0v) is 8.48. The van der Waals surface area contributed by atoms with Crippen LogP contribution in [0.3, 0.4) is 0 Å². The SMILES string of the molecule is NC1CCN(C(=O)/C=C/C2CCC2)C1. The molecule has 3 nitrogen and oxygen atoms in total. The second-order valence-electron chi connectivity index (χ2n) is 4.38. The molecular formula is C11H18N2O. The van der Waals surface area contributed by atoms with Crippen molar-refractivity contribution in [3.8, 4) is 0 Å². The molecule has 0 aromatic carbocycles. The highest BCUT2D eigenvalue weighted by molar-refractivity contribution is 5.87. The largest absolute Gasteiger partial charge is 0.338 e. The average Bonchev–Trinajstić information content (AvgIpc) is 2.49. The lowest BCUT2D eigenvalue weighted by Gasteiger charge is -2.21. The van der Waals surface area contributed by atoms with E-state index in [9.17, 15) is 4.79 Å². The quantitative estimate of drug-likeness (QED) is 0.664. The molecule has 2 rings (SSSR count). The summed E-state index contributed by atoms with van der Waals surface area (Å²) in [6.07, 6.45) is 8.57. The zero-order chi connectivity index (χ0) is 9.97. The van der Waals surface area contributed by atoms with Gasteiger partial charge in [0.1, 0.15) is 0 Å². The molecule has 1 amide bonds. The number of nitrogens with two attached hydrogens (primary N) is 1. The van der Waals surface area contributed by atoms with Crippen molar-refractivity contribution < 1.29 is 4.79 Å². The van der Waals surface area contributed by atoms with Gasteiger partial charge in [-0.05, 0) is 31.3 Å². The van der Waals surface area contributed by atoms with Crippen molar-refractivity contribution in [3.05, 3.63) is 12.2 Å². The minimum absolute atomic E-state index is 0.143. The first-order chi connectivity index (χ1) is 6.75. The molecule has 1 aliphatic carbocycles. The van der Waals surface area contributed by atoms with Crippen LogP contribution in [0.4, 0.5) is 0 Å². The number of allylic oxidation sites excluding steroid dienone is 1. The topological polar surface area (TPSA) is 46.3 Å². The molecule has 2 fully saturated rings. The fraction of sp³-hybridized carbons (Fsp3) is 0.727. The average molecular weight is 194 g/mol. The molecule has 0 bridgehead atoms. The number of carbonyl (C=O) groups excluding carboxylic acids is 1. The predicted octanol–water partition coefficient (Wildman–Crippen LogP) is 0.902. The van der Waals surface area contributed by atoms with Gasteiger partial charge in [-0.3, -0.25) is 4.79 Å². The van der Waals surface area contributed by atoms with E-state index in [1.54, 1.807) is 6.08 Å². The second-order valence-corrected chi connectivity index (χ2v) is 4.38. The Morgan fingerprint density at radius 1 is 1.36 bits per heavy atom. The fourth-order valence-corrected chi connectivity index (χ4v) is 1.94. The zero-order valence-electron chi connectivity index (χ0n) is 8.48. The summed E-state index contributed by atoms with van der Waals surface area (Å²) in [5.74, 6) is 0.806. The monoisotopic (exact) mass is 194 g/mol. The minimum atomic E-state index is 0.143. The predicted molar refractivity (Wildman–Crippen MR) is 55.7 cm³/mol. The Labute approximate surface area is 84.9 Å². The van der Waals surface area contributed by atoms with Gasteiger partial charge in [-0.2, -0.15) is 0 Å². The first kappa shape index (κ1) is 9.71. The van der Waals surface area contributed by atoms with Crippen LogP contribution in [0.25, 0.3) is 0 Å². The molecule has 2 aliphatic rings. The number of amides is 1. The third kappa shape index (κ3) is 2.15. The number of carbonyl (C=O) groups is 1. The summed E-state index contributed by atoms with van der Waals surface area (Å²) in [6.45, 7) is 1.56. The maximum Gasteiger partial charge on any atom is 0.246 e. The van der Waals surface area contributed by atoms with E-state index in [0.717, 1.165) is 19.5 Å². The molecule has 1 unspecified atom stereocenters. The molecule has 1 heterocycles. The van der Waals surface area contributed by atoms with E-state index < -0.39 is 0 Å². The van der Waals surface area contributed by atoms with Gasteiger partial charge < -0.3 is 10.6 Å². The molecule has 1 atom stereocenters. The molecule has 14 heavy (non-hydrogen) atoms. The van der Waals surface area contributed by atoms with Gasteiger partial charge in [-0.15, -0.1) is 0 Å². The van der Waals surface area contributed by atoms with E-state index in [1.807, 2.05) is 4.90 Å². The first-order valence-corrected chi connectivity index (χ1v) is 5.48. The maximum absolute atomic E-state index is 11.6. The molecule has 0 aromatic rings. The van der Waals surface area contributed by atoms with Crippen molar-refractivity contribution in [2.24, 2.45) is 11.7 Å². The second kappa shape index (κ2) is 4.13. The summed E-state index contributed by atoms with van der Waals surface area (Å²) in [6, 6.07) is 0.191. The summed E-state index contributed by atoms with van der Waals surface area (Å²) < 4.78 is 0. The third-order valence-electron chi connectivity index (χ3n) is 3.20. The van der Waals surface area contributed by atoms with Crippen LogP contribution < -0.4 is 5.73 Å². The molecule has 1 aliphatic heterocycles. The number of likely N-dealkylation sites (tertiary alicyclic amines) is 1. The van der Waals surface area contributed by atoms with Crippen LogP contribution in [0, 0.1) is 5.92 Å². The molecule has 3 heteroatoms. The summed E-state index contributed by atoms with van der Waals surface area (Å²) in [4.78, 5) is 13.5. The van der Waals surface area contributed by atoms with Crippen LogP contribution >= 0.6 is 0 Å². The van der Waals surface area contributed by atoms with Gasteiger partial charge in [0.2, 0.25) is 5.91 Å². The molecule has 1 saturated heterocycles. The maximum atomic E-state index is 11.6. The summed E-state index contributed by atoms with van der Waals surface area (Å²) >= 11 is 0. The van der Waals surface area contributed by atoms with Crippen LogP contribution in [0.15, 0.2) is 12.2 Å². The summed E-state index contributed by atoms with van der Waals surface area (Å²) in [5, 5.41) is 0. The highest BCUT2D eigenvalue weighted by atomic mass is 16.2. The van der Waals surface area contributed by atoms with Crippen LogP contribution in [0.2, 0.25) is 0 Å². The number of hydrogen-bond donors (Lipinski definition) is 1. The van der Waals surface area contributed by atoms with E-state index in [4.69, 9.17) is 5.73 Å². The lowest BCUT2D eigenvalue weighted by Crippen LogP contribution is -2.30. The molecular weight excluding hydrogens is 176 g/mol. The fourth-order valence-electron chi connectivity index (χ4n) is 1.94. The number of nitrogens with zero attached hydrogens (tertiary/aromatic N) is 1. The Balaban J connectivity index is 1.79. The van der Waals surface area contributed by atoms with E-state index in [1.165, 1.54) is 19.3 Å². The van der Waals surface area contributed by atoms with Gasteiger partial charge in [0.05, 0.1) is 0 Å². The van der Waals surface area contributed by atoms with Crippen LogP contribution in [-0.2, 0) is 4.79 Å². The van der Waals surface area contributed by atoms with Crippen molar-refractivity contribution in [2.45, 2.75) is 31.7 Å². The first-order valence-electron chi connectivity index (χ1n) is 5.48. The number of hydrogen-bond acceptors (Lipinski definition) is 2. The minimum Gasteiger partial charge on any atom is -0.338 e. The van der Waals surface area contributed by atoms with Gasteiger partial charge in [-0.1, -0.05) is 12.5 Å². The Kier molecular flexibility index (Phi) is 2.87. The Morgan fingerprint density at radius 2 is 2.14 bits per heavy atom. The lowest BCUT2D eigenvalue weighted by atomic mass is 9.85. The summed E-state index contributed by atoms with van der Waals surface area (Å²) in [7, 11) is 0. The van der Waals surface area contributed by atoms with E-state index in [2.05, 4.69) is 6.08 Å². The van der Waals surface area contributed by atoms with E-state index in [-0.39, 0.29) is 11.9 Å². The van der Waals surface area contributed by atoms with E-state index >= 15 is 0 Å². The molecule has 0 aromatic heterocycles. The molecule has 0 spiro atoms. The van der Waals surface area contributed by atoms with Crippen molar-refractivity contribution >= 4 is 5.91 Å². The molecule has 78 valence electrons. The van der Waals surface area contributed by atoms with Gasteiger partial charge in [-0.25, -0.2) is 0 Å². The highest BCUT2D eigenvalue weighted by Gasteiger charge is 2.22.